The minimum Gasteiger partial charge on any atom is -0.337 e. The van der Waals surface area contributed by atoms with Gasteiger partial charge in [-0.25, -0.2) is 4.98 Å². The number of rotatable bonds is 5. The molecule has 0 spiro atoms. The van der Waals surface area contributed by atoms with Gasteiger partial charge in [-0.3, -0.25) is 4.79 Å². The van der Waals surface area contributed by atoms with Crippen molar-refractivity contribution in [1.29, 1.82) is 0 Å². The van der Waals surface area contributed by atoms with Crippen LogP contribution in [0.1, 0.15) is 66.7 Å². The standard InChI is InChI=1S/C19H26N4O2.ClH/c1-3-5-15-17-14(19(24)23-9-4-6-13(11-23)20-2)10-16(12-7-8-12)21-18(17)25-22-15;/h10,12-13,20H,3-9,11H2,1-2H3;1H. The highest BCUT2D eigenvalue weighted by Gasteiger charge is 2.31. The molecular formula is C19H27ClN4O2. The third-order valence-corrected chi connectivity index (χ3v) is 5.37. The second-order valence-corrected chi connectivity index (χ2v) is 7.31. The first-order chi connectivity index (χ1) is 12.2. The second-order valence-electron chi connectivity index (χ2n) is 7.31. The Balaban J connectivity index is 0.00000196. The molecule has 0 bridgehead atoms. The van der Waals surface area contributed by atoms with Gasteiger partial charge in [0, 0.05) is 30.7 Å². The number of fused-ring (bicyclic) bond motifs is 1. The quantitative estimate of drug-likeness (QED) is 0.864. The summed E-state index contributed by atoms with van der Waals surface area (Å²) in [7, 11) is 1.97. The van der Waals surface area contributed by atoms with E-state index < -0.39 is 0 Å². The lowest BCUT2D eigenvalue weighted by molar-refractivity contribution is 0.0700. The predicted molar refractivity (Wildman–Crippen MR) is 103 cm³/mol. The van der Waals surface area contributed by atoms with Crippen LogP contribution < -0.4 is 5.32 Å². The SMILES string of the molecule is CCCc1noc2nc(C3CC3)cc(C(=O)N3CCCC(NC)C3)c12.Cl. The third-order valence-electron chi connectivity index (χ3n) is 5.37. The van der Waals surface area contributed by atoms with Gasteiger partial charge in [-0.15, -0.1) is 12.4 Å². The molecule has 1 unspecified atom stereocenters. The van der Waals surface area contributed by atoms with Crippen molar-refractivity contribution in [2.75, 3.05) is 20.1 Å². The molecule has 0 aromatic carbocycles. The Kier molecular flexibility index (Phi) is 5.82. The Hall–Kier alpha value is -1.66. The van der Waals surface area contributed by atoms with E-state index in [2.05, 4.69) is 22.4 Å². The molecule has 3 heterocycles. The number of likely N-dealkylation sites (tertiary alicyclic amines) is 1. The molecule has 1 saturated heterocycles. The first-order valence-corrected chi connectivity index (χ1v) is 9.47. The van der Waals surface area contributed by atoms with E-state index in [-0.39, 0.29) is 18.3 Å². The van der Waals surface area contributed by atoms with Gasteiger partial charge in [0.15, 0.2) is 0 Å². The van der Waals surface area contributed by atoms with E-state index in [0.29, 0.717) is 17.7 Å². The Morgan fingerprint density at radius 2 is 2.19 bits per heavy atom. The lowest BCUT2D eigenvalue weighted by Crippen LogP contribution is -2.47. The third kappa shape index (κ3) is 3.58. The van der Waals surface area contributed by atoms with E-state index in [9.17, 15) is 4.79 Å². The summed E-state index contributed by atoms with van der Waals surface area (Å²) in [6.07, 6.45) is 6.21. The molecule has 2 aromatic rings. The molecule has 2 aliphatic rings. The molecule has 2 aromatic heterocycles. The van der Waals surface area contributed by atoms with Crippen LogP contribution in [0, 0.1) is 0 Å². The van der Waals surface area contributed by atoms with Gasteiger partial charge < -0.3 is 14.7 Å². The van der Waals surface area contributed by atoms with Crippen LogP contribution in [0.3, 0.4) is 0 Å². The minimum atomic E-state index is 0. The van der Waals surface area contributed by atoms with Crippen molar-refractivity contribution in [2.24, 2.45) is 0 Å². The number of nitrogens with zero attached hydrogens (tertiary/aromatic N) is 3. The first kappa shape index (κ1) is 19.1. The molecule has 1 aliphatic heterocycles. The number of hydrogen-bond donors (Lipinski definition) is 1. The van der Waals surface area contributed by atoms with E-state index in [1.165, 1.54) is 0 Å². The molecular weight excluding hydrogens is 352 g/mol. The minimum absolute atomic E-state index is 0. The summed E-state index contributed by atoms with van der Waals surface area (Å²) >= 11 is 0. The predicted octanol–water partition coefficient (Wildman–Crippen LogP) is 3.30. The first-order valence-electron chi connectivity index (χ1n) is 9.47. The molecule has 142 valence electrons. The van der Waals surface area contributed by atoms with Crippen molar-refractivity contribution in [3.63, 3.8) is 0 Å². The van der Waals surface area contributed by atoms with Gasteiger partial charge >= 0.3 is 0 Å². The van der Waals surface area contributed by atoms with Gasteiger partial charge in [-0.1, -0.05) is 18.5 Å². The maximum atomic E-state index is 13.3. The summed E-state index contributed by atoms with van der Waals surface area (Å²) in [5.41, 5.74) is 3.10. The average Bonchev–Trinajstić information content (AvgIpc) is 3.43. The maximum Gasteiger partial charge on any atom is 0.259 e. The van der Waals surface area contributed by atoms with E-state index in [0.717, 1.165) is 74.0 Å². The number of hydrogen-bond acceptors (Lipinski definition) is 5. The van der Waals surface area contributed by atoms with Crippen LogP contribution in [0.5, 0.6) is 0 Å². The van der Waals surface area contributed by atoms with E-state index >= 15 is 0 Å². The zero-order chi connectivity index (χ0) is 17.4. The number of pyridine rings is 1. The van der Waals surface area contributed by atoms with Gasteiger partial charge in [0.25, 0.3) is 11.6 Å². The molecule has 1 saturated carbocycles. The Labute approximate surface area is 160 Å². The van der Waals surface area contributed by atoms with Gasteiger partial charge in [0.05, 0.1) is 16.6 Å². The van der Waals surface area contributed by atoms with Crippen molar-refractivity contribution >= 4 is 29.4 Å². The largest absolute Gasteiger partial charge is 0.337 e. The van der Waals surface area contributed by atoms with Crippen LogP contribution in [0.15, 0.2) is 10.6 Å². The van der Waals surface area contributed by atoms with Crippen molar-refractivity contribution < 1.29 is 9.32 Å². The summed E-state index contributed by atoms with van der Waals surface area (Å²) in [5, 5.41) is 8.33. The van der Waals surface area contributed by atoms with E-state index in [1.54, 1.807) is 0 Å². The number of carbonyl (C=O) groups excluding carboxylic acids is 1. The van der Waals surface area contributed by atoms with Crippen LogP contribution in [-0.2, 0) is 6.42 Å². The number of aromatic nitrogens is 2. The maximum absolute atomic E-state index is 13.3. The van der Waals surface area contributed by atoms with Crippen molar-refractivity contribution in [3.05, 3.63) is 23.0 Å². The molecule has 1 aliphatic carbocycles. The van der Waals surface area contributed by atoms with Crippen LogP contribution >= 0.6 is 12.4 Å². The van der Waals surface area contributed by atoms with Crippen molar-refractivity contribution in [3.8, 4) is 0 Å². The van der Waals surface area contributed by atoms with Crippen LogP contribution in [0.4, 0.5) is 0 Å². The van der Waals surface area contributed by atoms with E-state index in [1.807, 2.05) is 18.0 Å². The second kappa shape index (κ2) is 7.92. The van der Waals surface area contributed by atoms with Crippen LogP contribution in [0.2, 0.25) is 0 Å². The number of nitrogens with one attached hydrogen (secondary N) is 1. The van der Waals surface area contributed by atoms with Crippen molar-refractivity contribution in [1.82, 2.24) is 20.4 Å². The highest BCUT2D eigenvalue weighted by Crippen LogP contribution is 2.40. The Bertz CT molecular complexity index is 787. The lowest BCUT2D eigenvalue weighted by atomic mass is 10.0. The normalized spacial score (nSPS) is 20.2. The van der Waals surface area contributed by atoms with Crippen LogP contribution in [0.25, 0.3) is 11.1 Å². The van der Waals surface area contributed by atoms with E-state index in [4.69, 9.17) is 4.52 Å². The number of piperidine rings is 1. The molecule has 1 amide bonds. The summed E-state index contributed by atoms with van der Waals surface area (Å²) in [4.78, 5) is 19.9. The van der Waals surface area contributed by atoms with Gasteiger partial charge in [-0.2, -0.15) is 0 Å². The molecule has 6 nitrogen and oxygen atoms in total. The fourth-order valence-corrected chi connectivity index (χ4v) is 3.76. The molecule has 7 heteroatoms. The van der Waals surface area contributed by atoms with Gasteiger partial charge in [0.1, 0.15) is 0 Å². The summed E-state index contributed by atoms with van der Waals surface area (Å²) in [6, 6.07) is 2.37. The smallest absolute Gasteiger partial charge is 0.259 e. The number of amides is 1. The molecule has 26 heavy (non-hydrogen) atoms. The monoisotopic (exact) mass is 378 g/mol. The fraction of sp³-hybridized carbons (Fsp3) is 0.632. The zero-order valence-corrected chi connectivity index (χ0v) is 16.3. The average molecular weight is 379 g/mol. The summed E-state index contributed by atoms with van der Waals surface area (Å²) in [6.45, 7) is 3.68. The number of aryl methyl sites for hydroxylation is 1. The number of halogens is 1. The van der Waals surface area contributed by atoms with Crippen molar-refractivity contribution in [2.45, 2.75) is 57.4 Å². The molecule has 0 radical (unpaired) electrons. The number of carbonyl (C=O) groups is 1. The summed E-state index contributed by atoms with van der Waals surface area (Å²) in [5.74, 6) is 0.567. The van der Waals surface area contributed by atoms with Gasteiger partial charge in [-0.05, 0) is 45.2 Å². The zero-order valence-electron chi connectivity index (χ0n) is 15.5. The molecule has 1 N–H and O–H groups in total. The molecule has 4 rings (SSSR count). The van der Waals surface area contributed by atoms with Crippen LogP contribution in [-0.4, -0.2) is 47.1 Å². The molecule has 2 fully saturated rings. The summed E-state index contributed by atoms with van der Waals surface area (Å²) < 4.78 is 5.50. The van der Waals surface area contributed by atoms with Gasteiger partial charge in [0.2, 0.25) is 0 Å². The highest BCUT2D eigenvalue weighted by molar-refractivity contribution is 6.06. The topological polar surface area (TPSA) is 71.3 Å². The number of likely N-dealkylation sites (N-methyl/N-ethyl adjacent to an activating group) is 1. The Morgan fingerprint density at radius 1 is 1.38 bits per heavy atom. The highest BCUT2D eigenvalue weighted by atomic mass is 35.5. The fourth-order valence-electron chi connectivity index (χ4n) is 3.76. The Morgan fingerprint density at radius 3 is 2.88 bits per heavy atom. The molecule has 1 atom stereocenters. The lowest BCUT2D eigenvalue weighted by Gasteiger charge is -2.32.